The first kappa shape index (κ1) is 17.6. The van der Waals surface area contributed by atoms with Gasteiger partial charge < -0.3 is 0 Å². The first-order chi connectivity index (χ1) is 11.1. The van der Waals surface area contributed by atoms with Gasteiger partial charge >= 0.3 is 0 Å². The van der Waals surface area contributed by atoms with Crippen LogP contribution < -0.4 is 5.56 Å². The molecule has 0 radical (unpaired) electrons. The third-order valence-corrected chi connectivity index (χ3v) is 4.11. The highest BCUT2D eigenvalue weighted by molar-refractivity contribution is 5.95. The maximum absolute atomic E-state index is 12.4. The number of hydrogen-bond donors (Lipinski definition) is 0. The molecule has 5 heteroatoms. The van der Waals surface area contributed by atoms with Gasteiger partial charge in [-0.15, -0.1) is 0 Å². The van der Waals surface area contributed by atoms with Crippen molar-refractivity contribution in [3.63, 3.8) is 0 Å². The maximum Gasteiger partial charge on any atom is 0.285 e. The number of aromatic nitrogens is 2. The molecule has 2 rings (SSSR count). The van der Waals surface area contributed by atoms with Crippen LogP contribution in [0.4, 0.5) is 0 Å². The summed E-state index contributed by atoms with van der Waals surface area (Å²) in [6.07, 6.45) is 0. The molecule has 0 saturated carbocycles. The average molecular weight is 323 g/mol. The lowest BCUT2D eigenvalue weighted by Gasteiger charge is -2.19. The van der Waals surface area contributed by atoms with Crippen molar-refractivity contribution in [3.8, 4) is 6.07 Å². The number of carbonyl (C=O) groups excluding carboxylic acids is 1. The highest BCUT2D eigenvalue weighted by Crippen LogP contribution is 2.22. The van der Waals surface area contributed by atoms with Crippen molar-refractivity contribution in [2.75, 3.05) is 0 Å². The third-order valence-electron chi connectivity index (χ3n) is 4.11. The standard InChI is InChI=1S/C19H21N3O2/c1-12-13(2)21-22(18(24)16(12)10-20)11-17(23)14-6-8-15(9-7-14)19(3,4)5/h6-9H,11H2,1-5H3. The Balaban J connectivity index is 2.33. The van der Waals surface area contributed by atoms with E-state index in [2.05, 4.69) is 25.9 Å². The van der Waals surface area contributed by atoms with E-state index in [-0.39, 0.29) is 23.3 Å². The second kappa shape index (κ2) is 6.40. The molecule has 1 heterocycles. The minimum atomic E-state index is -0.528. The molecule has 124 valence electrons. The van der Waals surface area contributed by atoms with Gasteiger partial charge in [0.1, 0.15) is 18.2 Å². The van der Waals surface area contributed by atoms with Gasteiger partial charge in [0.2, 0.25) is 0 Å². The average Bonchev–Trinajstić information content (AvgIpc) is 2.52. The molecule has 0 atom stereocenters. The van der Waals surface area contributed by atoms with Crippen molar-refractivity contribution in [1.82, 2.24) is 9.78 Å². The van der Waals surface area contributed by atoms with Crippen LogP contribution in [0.3, 0.4) is 0 Å². The van der Waals surface area contributed by atoms with Gasteiger partial charge in [-0.25, -0.2) is 4.68 Å². The fourth-order valence-corrected chi connectivity index (χ4v) is 2.39. The van der Waals surface area contributed by atoms with Crippen molar-refractivity contribution in [3.05, 3.63) is 62.6 Å². The third kappa shape index (κ3) is 3.43. The number of Topliss-reactive ketones (excluding diaryl/α,β-unsaturated/α-hetero) is 1. The van der Waals surface area contributed by atoms with Crippen LogP contribution in [0, 0.1) is 25.2 Å². The molecular formula is C19H21N3O2. The first-order valence-electron chi connectivity index (χ1n) is 7.77. The smallest absolute Gasteiger partial charge is 0.285 e. The summed E-state index contributed by atoms with van der Waals surface area (Å²) in [6, 6.07) is 9.27. The molecule has 0 spiro atoms. The summed E-state index contributed by atoms with van der Waals surface area (Å²) in [5.74, 6) is -0.211. The lowest BCUT2D eigenvalue weighted by atomic mass is 9.86. The summed E-state index contributed by atoms with van der Waals surface area (Å²) in [4.78, 5) is 24.7. The molecule has 0 fully saturated rings. The Kier molecular flexibility index (Phi) is 4.70. The number of nitrogens with zero attached hydrogens (tertiary/aromatic N) is 3. The normalized spacial score (nSPS) is 11.2. The van der Waals surface area contributed by atoms with Crippen LogP contribution in [0.1, 0.15) is 53.5 Å². The molecule has 0 amide bonds. The predicted molar refractivity (Wildman–Crippen MR) is 92.2 cm³/mol. The van der Waals surface area contributed by atoms with Gasteiger partial charge in [-0.05, 0) is 30.4 Å². The van der Waals surface area contributed by atoms with Gasteiger partial charge in [0.15, 0.2) is 5.78 Å². The largest absolute Gasteiger partial charge is 0.292 e. The van der Waals surface area contributed by atoms with Gasteiger partial charge in [-0.3, -0.25) is 9.59 Å². The molecule has 0 aliphatic carbocycles. The Bertz CT molecular complexity index is 879. The number of ketones is 1. The van der Waals surface area contributed by atoms with Crippen molar-refractivity contribution < 1.29 is 4.79 Å². The number of rotatable bonds is 3. The molecule has 2 aromatic rings. The van der Waals surface area contributed by atoms with Crippen LogP contribution in [0.5, 0.6) is 0 Å². The van der Waals surface area contributed by atoms with E-state index in [0.29, 0.717) is 16.8 Å². The summed E-state index contributed by atoms with van der Waals surface area (Å²) in [5, 5.41) is 13.3. The van der Waals surface area contributed by atoms with Crippen molar-refractivity contribution in [2.45, 2.75) is 46.6 Å². The summed E-state index contributed by atoms with van der Waals surface area (Å²) in [7, 11) is 0. The van der Waals surface area contributed by atoms with Crippen molar-refractivity contribution in [2.24, 2.45) is 0 Å². The molecule has 1 aromatic carbocycles. The summed E-state index contributed by atoms with van der Waals surface area (Å²) in [5.41, 5.74) is 2.30. The second-order valence-electron chi connectivity index (χ2n) is 6.91. The fraction of sp³-hybridized carbons (Fsp3) is 0.368. The zero-order chi connectivity index (χ0) is 18.1. The Morgan fingerprint density at radius 2 is 1.79 bits per heavy atom. The molecule has 1 aromatic heterocycles. The lowest BCUT2D eigenvalue weighted by molar-refractivity contribution is 0.0965. The molecule has 0 bridgehead atoms. The minimum Gasteiger partial charge on any atom is -0.292 e. The van der Waals surface area contributed by atoms with E-state index < -0.39 is 5.56 Å². The molecule has 0 saturated heterocycles. The summed E-state index contributed by atoms with van der Waals surface area (Å²) in [6.45, 7) is 9.53. The Hall–Kier alpha value is -2.74. The number of nitriles is 1. The zero-order valence-corrected chi connectivity index (χ0v) is 14.7. The lowest BCUT2D eigenvalue weighted by Crippen LogP contribution is -2.30. The molecular weight excluding hydrogens is 302 g/mol. The number of carbonyl (C=O) groups is 1. The summed E-state index contributed by atoms with van der Waals surface area (Å²) >= 11 is 0. The Morgan fingerprint density at radius 3 is 2.29 bits per heavy atom. The van der Waals surface area contributed by atoms with Crippen LogP contribution in [-0.4, -0.2) is 15.6 Å². The number of benzene rings is 1. The van der Waals surface area contributed by atoms with E-state index in [0.717, 1.165) is 10.2 Å². The monoisotopic (exact) mass is 323 g/mol. The van der Waals surface area contributed by atoms with Crippen LogP contribution >= 0.6 is 0 Å². The quantitative estimate of drug-likeness (QED) is 0.814. The van der Waals surface area contributed by atoms with Crippen LogP contribution in [0.15, 0.2) is 29.1 Å². The highest BCUT2D eigenvalue weighted by Gasteiger charge is 2.17. The number of hydrogen-bond acceptors (Lipinski definition) is 4. The zero-order valence-electron chi connectivity index (χ0n) is 14.7. The van der Waals surface area contributed by atoms with E-state index in [9.17, 15) is 9.59 Å². The van der Waals surface area contributed by atoms with E-state index in [1.54, 1.807) is 26.0 Å². The van der Waals surface area contributed by atoms with Gasteiger partial charge in [0.05, 0.1) is 5.69 Å². The van der Waals surface area contributed by atoms with Crippen molar-refractivity contribution in [1.29, 1.82) is 5.26 Å². The maximum atomic E-state index is 12.4. The number of aryl methyl sites for hydroxylation is 1. The molecule has 5 nitrogen and oxygen atoms in total. The predicted octanol–water partition coefficient (Wildman–Crippen LogP) is 2.91. The van der Waals surface area contributed by atoms with Crippen LogP contribution in [-0.2, 0) is 12.0 Å². The van der Waals surface area contributed by atoms with E-state index >= 15 is 0 Å². The Morgan fingerprint density at radius 1 is 1.21 bits per heavy atom. The molecule has 0 aliphatic rings. The van der Waals surface area contributed by atoms with Gasteiger partial charge in [-0.1, -0.05) is 45.0 Å². The van der Waals surface area contributed by atoms with Gasteiger partial charge in [0.25, 0.3) is 5.56 Å². The van der Waals surface area contributed by atoms with Crippen LogP contribution in [0.2, 0.25) is 0 Å². The summed E-state index contributed by atoms with van der Waals surface area (Å²) < 4.78 is 1.07. The van der Waals surface area contributed by atoms with Crippen molar-refractivity contribution >= 4 is 5.78 Å². The molecule has 0 aliphatic heterocycles. The molecule has 0 N–H and O–H groups in total. The van der Waals surface area contributed by atoms with Crippen LogP contribution in [0.25, 0.3) is 0 Å². The minimum absolute atomic E-state index is 0.00976. The topological polar surface area (TPSA) is 75.8 Å². The molecule has 0 unspecified atom stereocenters. The van der Waals surface area contributed by atoms with Gasteiger partial charge in [0, 0.05) is 5.56 Å². The fourth-order valence-electron chi connectivity index (χ4n) is 2.39. The van der Waals surface area contributed by atoms with Gasteiger partial charge in [-0.2, -0.15) is 10.4 Å². The Labute approximate surface area is 141 Å². The van der Waals surface area contributed by atoms with E-state index in [1.165, 1.54) is 0 Å². The highest BCUT2D eigenvalue weighted by atomic mass is 16.1. The first-order valence-corrected chi connectivity index (χ1v) is 7.77. The second-order valence-corrected chi connectivity index (χ2v) is 6.91. The van der Waals surface area contributed by atoms with E-state index in [4.69, 9.17) is 5.26 Å². The molecule has 24 heavy (non-hydrogen) atoms. The van der Waals surface area contributed by atoms with E-state index in [1.807, 2.05) is 18.2 Å². The SMILES string of the molecule is Cc1nn(CC(=O)c2ccc(C(C)(C)C)cc2)c(=O)c(C#N)c1C.